The molecule has 2 aromatic carbocycles. The average Bonchev–Trinajstić information content (AvgIpc) is 2.46. The molecule has 4 nitrogen and oxygen atoms in total. The third-order valence-corrected chi connectivity index (χ3v) is 3.53. The topological polar surface area (TPSA) is 85.1 Å². The van der Waals surface area contributed by atoms with Gasteiger partial charge in [0.25, 0.3) is 0 Å². The molecule has 0 radical (unpaired) electrons. The fourth-order valence-electron chi connectivity index (χ4n) is 2.56. The molecular formula is C16H11F2N3O. The van der Waals surface area contributed by atoms with Crippen molar-refractivity contribution in [3.63, 3.8) is 0 Å². The first-order valence-corrected chi connectivity index (χ1v) is 6.44. The Morgan fingerprint density at radius 2 is 1.77 bits per heavy atom. The highest BCUT2D eigenvalue weighted by Gasteiger charge is 2.34. The van der Waals surface area contributed by atoms with Crippen molar-refractivity contribution in [2.75, 3.05) is 5.73 Å². The van der Waals surface area contributed by atoms with Crippen LogP contribution >= 0.6 is 0 Å². The van der Waals surface area contributed by atoms with Gasteiger partial charge in [0.15, 0.2) is 0 Å². The van der Waals surface area contributed by atoms with E-state index < -0.39 is 17.6 Å². The maximum Gasteiger partial charge on any atom is 0.205 e. The zero-order valence-corrected chi connectivity index (χ0v) is 11.3. The van der Waals surface area contributed by atoms with Gasteiger partial charge >= 0.3 is 0 Å². The minimum atomic E-state index is -0.976. The Hall–Kier alpha value is -3.07. The van der Waals surface area contributed by atoms with Crippen LogP contribution in [0.2, 0.25) is 0 Å². The maximum atomic E-state index is 14.2. The number of allylic oxidation sites excluding steroid dienone is 1. The van der Waals surface area contributed by atoms with Gasteiger partial charge in [-0.25, -0.2) is 8.78 Å². The fourth-order valence-corrected chi connectivity index (χ4v) is 2.56. The number of ether oxygens (including phenoxy) is 1. The zero-order valence-electron chi connectivity index (χ0n) is 11.3. The highest BCUT2D eigenvalue weighted by atomic mass is 19.1. The van der Waals surface area contributed by atoms with E-state index in [0.29, 0.717) is 11.3 Å². The Balaban J connectivity index is 2.31. The molecule has 0 unspecified atom stereocenters. The molecule has 6 heteroatoms. The molecule has 3 rings (SSSR count). The highest BCUT2D eigenvalue weighted by molar-refractivity contribution is 5.59. The molecule has 22 heavy (non-hydrogen) atoms. The monoisotopic (exact) mass is 299 g/mol. The van der Waals surface area contributed by atoms with Crippen LogP contribution in [-0.4, -0.2) is 0 Å². The van der Waals surface area contributed by atoms with Crippen LogP contribution in [0, 0.1) is 23.0 Å². The van der Waals surface area contributed by atoms with Crippen molar-refractivity contribution >= 4 is 5.69 Å². The van der Waals surface area contributed by atoms with Crippen molar-refractivity contribution in [3.05, 3.63) is 70.6 Å². The number of nitrogens with zero attached hydrogens (tertiary/aromatic N) is 1. The maximum absolute atomic E-state index is 14.2. The summed E-state index contributed by atoms with van der Waals surface area (Å²) in [6.45, 7) is 0. The molecule has 1 aliphatic heterocycles. The van der Waals surface area contributed by atoms with E-state index in [-0.39, 0.29) is 22.8 Å². The lowest BCUT2D eigenvalue weighted by atomic mass is 9.83. The lowest BCUT2D eigenvalue weighted by Gasteiger charge is -2.27. The number of rotatable bonds is 1. The number of anilines is 1. The number of benzene rings is 2. The molecule has 0 amide bonds. The van der Waals surface area contributed by atoms with E-state index in [1.165, 1.54) is 12.1 Å². The van der Waals surface area contributed by atoms with E-state index in [4.69, 9.17) is 16.2 Å². The molecule has 0 aromatic heterocycles. The Bertz CT molecular complexity index is 820. The molecular weight excluding hydrogens is 288 g/mol. The summed E-state index contributed by atoms with van der Waals surface area (Å²) in [4.78, 5) is 0. The summed E-state index contributed by atoms with van der Waals surface area (Å²) >= 11 is 0. The van der Waals surface area contributed by atoms with Gasteiger partial charge in [-0.3, -0.25) is 0 Å². The first-order chi connectivity index (χ1) is 10.5. The predicted octanol–water partition coefficient (Wildman–Crippen LogP) is 2.77. The van der Waals surface area contributed by atoms with Gasteiger partial charge in [-0.15, -0.1) is 0 Å². The second-order valence-corrected chi connectivity index (χ2v) is 4.86. The van der Waals surface area contributed by atoms with Gasteiger partial charge in [0, 0.05) is 22.9 Å². The minimum absolute atomic E-state index is 0.0405. The van der Waals surface area contributed by atoms with E-state index in [1.807, 2.05) is 6.07 Å². The number of hydrogen-bond donors (Lipinski definition) is 2. The molecule has 0 fully saturated rings. The van der Waals surface area contributed by atoms with Crippen molar-refractivity contribution in [2.24, 2.45) is 5.73 Å². The Kier molecular flexibility index (Phi) is 3.18. The quantitative estimate of drug-likeness (QED) is 0.793. The summed E-state index contributed by atoms with van der Waals surface area (Å²) in [5.74, 6) is -2.39. The smallest absolute Gasteiger partial charge is 0.205 e. The van der Waals surface area contributed by atoms with Gasteiger partial charge in [-0.05, 0) is 18.2 Å². The molecule has 1 aliphatic rings. The van der Waals surface area contributed by atoms with Crippen LogP contribution in [-0.2, 0) is 0 Å². The normalized spacial score (nSPS) is 16.7. The molecule has 2 aromatic rings. The highest BCUT2D eigenvalue weighted by Crippen LogP contribution is 2.44. The molecule has 0 aliphatic carbocycles. The molecule has 1 atom stereocenters. The molecule has 0 saturated carbocycles. The Morgan fingerprint density at radius 1 is 1.09 bits per heavy atom. The summed E-state index contributed by atoms with van der Waals surface area (Å²) in [6, 6.07) is 10.1. The Morgan fingerprint density at radius 3 is 2.41 bits per heavy atom. The van der Waals surface area contributed by atoms with Crippen molar-refractivity contribution < 1.29 is 13.5 Å². The first kappa shape index (κ1) is 13.9. The third-order valence-electron chi connectivity index (χ3n) is 3.53. The SMILES string of the molecule is N#CC1=C(N)Oc2cc(N)ccc2[C@H]1c1c(F)cccc1F. The summed E-state index contributed by atoms with van der Waals surface area (Å²) in [7, 11) is 0. The van der Waals surface area contributed by atoms with Gasteiger partial charge < -0.3 is 16.2 Å². The van der Waals surface area contributed by atoms with Crippen LogP contribution < -0.4 is 16.2 Å². The Labute approximate surface area is 125 Å². The summed E-state index contributed by atoms with van der Waals surface area (Å²) < 4.78 is 33.7. The number of halogens is 2. The lowest BCUT2D eigenvalue weighted by Crippen LogP contribution is -2.22. The summed E-state index contributed by atoms with van der Waals surface area (Å²) in [5, 5.41) is 9.32. The molecule has 1 heterocycles. The van der Waals surface area contributed by atoms with Gasteiger partial charge in [-0.2, -0.15) is 5.26 Å². The number of hydrogen-bond acceptors (Lipinski definition) is 4. The van der Waals surface area contributed by atoms with Crippen molar-refractivity contribution in [2.45, 2.75) is 5.92 Å². The second-order valence-electron chi connectivity index (χ2n) is 4.86. The van der Waals surface area contributed by atoms with E-state index in [1.54, 1.807) is 12.1 Å². The van der Waals surface area contributed by atoms with E-state index in [2.05, 4.69) is 0 Å². The van der Waals surface area contributed by atoms with Crippen molar-refractivity contribution in [1.82, 2.24) is 0 Å². The summed E-state index contributed by atoms with van der Waals surface area (Å²) in [6.07, 6.45) is 0. The van der Waals surface area contributed by atoms with Crippen LogP contribution in [0.5, 0.6) is 5.75 Å². The van der Waals surface area contributed by atoms with E-state index >= 15 is 0 Å². The van der Waals surface area contributed by atoms with Gasteiger partial charge in [0.05, 0.1) is 5.92 Å². The van der Waals surface area contributed by atoms with Gasteiger partial charge in [0.1, 0.15) is 29.0 Å². The van der Waals surface area contributed by atoms with Crippen LogP contribution in [0.3, 0.4) is 0 Å². The first-order valence-electron chi connectivity index (χ1n) is 6.44. The largest absolute Gasteiger partial charge is 0.440 e. The number of nitriles is 1. The van der Waals surface area contributed by atoms with Crippen LogP contribution in [0.15, 0.2) is 47.9 Å². The van der Waals surface area contributed by atoms with Crippen LogP contribution in [0.4, 0.5) is 14.5 Å². The van der Waals surface area contributed by atoms with Crippen molar-refractivity contribution in [1.29, 1.82) is 5.26 Å². The van der Waals surface area contributed by atoms with Crippen LogP contribution in [0.25, 0.3) is 0 Å². The standard InChI is InChI=1S/C16H11F2N3O/c17-11-2-1-3-12(18)15(11)14-9-5-4-8(20)6-13(9)22-16(21)10(14)7-19/h1-6,14H,20-21H2/t14-/m1/s1. The van der Waals surface area contributed by atoms with Gasteiger partial charge in [-0.1, -0.05) is 12.1 Å². The number of fused-ring (bicyclic) bond motifs is 1. The average molecular weight is 299 g/mol. The zero-order chi connectivity index (χ0) is 15.9. The second kappa shape index (κ2) is 5.04. The summed E-state index contributed by atoms with van der Waals surface area (Å²) in [5.41, 5.74) is 12.0. The molecule has 0 saturated heterocycles. The van der Waals surface area contributed by atoms with Crippen LogP contribution in [0.1, 0.15) is 17.0 Å². The lowest BCUT2D eigenvalue weighted by molar-refractivity contribution is 0.391. The number of nitrogens with two attached hydrogens (primary N) is 2. The van der Waals surface area contributed by atoms with Gasteiger partial charge in [0.2, 0.25) is 5.88 Å². The molecule has 0 spiro atoms. The third kappa shape index (κ3) is 2.04. The molecule has 4 N–H and O–H groups in total. The number of nitrogen functional groups attached to an aromatic ring is 1. The van der Waals surface area contributed by atoms with E-state index in [9.17, 15) is 14.0 Å². The fraction of sp³-hybridized carbons (Fsp3) is 0.0625. The van der Waals surface area contributed by atoms with Crippen molar-refractivity contribution in [3.8, 4) is 11.8 Å². The van der Waals surface area contributed by atoms with E-state index in [0.717, 1.165) is 12.1 Å². The molecule has 110 valence electrons. The predicted molar refractivity (Wildman–Crippen MR) is 76.5 cm³/mol. The molecule has 0 bridgehead atoms. The minimum Gasteiger partial charge on any atom is -0.440 e.